The molecule has 1 amide bonds. The zero-order valence-corrected chi connectivity index (χ0v) is 20.5. The number of sulfonamides is 1. The Hall–Kier alpha value is -2.26. The highest BCUT2D eigenvalue weighted by Gasteiger charge is 2.34. The van der Waals surface area contributed by atoms with Crippen LogP contribution in [0.3, 0.4) is 0 Å². The number of hydrogen-bond acceptors (Lipinski definition) is 4. The topological polar surface area (TPSA) is 84.3 Å². The van der Waals surface area contributed by atoms with Gasteiger partial charge in [-0.15, -0.1) is 0 Å². The van der Waals surface area contributed by atoms with Crippen molar-refractivity contribution in [2.45, 2.75) is 70.2 Å². The van der Waals surface area contributed by atoms with Gasteiger partial charge in [0.25, 0.3) is 0 Å². The van der Waals surface area contributed by atoms with E-state index in [-0.39, 0.29) is 28.3 Å². The first-order valence-electron chi connectivity index (χ1n) is 10.9. The quantitative estimate of drug-likeness (QED) is 0.738. The molecule has 9 heteroatoms. The third-order valence-corrected chi connectivity index (χ3v) is 7.45. The van der Waals surface area contributed by atoms with Gasteiger partial charge in [-0.3, -0.25) is 4.79 Å². The van der Waals surface area contributed by atoms with Gasteiger partial charge in [-0.05, 0) is 57.9 Å². The zero-order valence-electron chi connectivity index (χ0n) is 19.6. The molecule has 0 bridgehead atoms. The number of hydrogen-bond donors (Lipinski definition) is 1. The highest BCUT2D eigenvalue weighted by molar-refractivity contribution is 7.89. The van der Waals surface area contributed by atoms with E-state index in [0.717, 1.165) is 17.8 Å². The van der Waals surface area contributed by atoms with Crippen LogP contribution in [0.4, 0.5) is 10.2 Å². The van der Waals surface area contributed by atoms with Crippen molar-refractivity contribution >= 4 is 21.7 Å². The van der Waals surface area contributed by atoms with Crippen molar-refractivity contribution in [3.63, 3.8) is 0 Å². The number of halogens is 1. The number of rotatable bonds is 4. The Balaban J connectivity index is 1.80. The average molecular weight is 465 g/mol. The molecule has 1 N–H and O–H groups in total. The van der Waals surface area contributed by atoms with Crippen LogP contribution >= 0.6 is 0 Å². The number of piperidine rings is 1. The van der Waals surface area contributed by atoms with E-state index in [2.05, 4.69) is 26.1 Å². The van der Waals surface area contributed by atoms with E-state index in [1.807, 2.05) is 26.8 Å². The van der Waals surface area contributed by atoms with Gasteiger partial charge in [0.15, 0.2) is 0 Å². The van der Waals surface area contributed by atoms with Crippen LogP contribution in [0, 0.1) is 11.7 Å². The molecule has 0 spiro atoms. The van der Waals surface area contributed by atoms with Gasteiger partial charge in [0.2, 0.25) is 15.9 Å². The van der Waals surface area contributed by atoms with E-state index in [4.69, 9.17) is 5.10 Å². The summed E-state index contributed by atoms with van der Waals surface area (Å²) in [5.41, 5.74) is 0.351. The molecule has 2 aromatic rings. The summed E-state index contributed by atoms with van der Waals surface area (Å²) in [7, 11) is -3.80. The molecule has 2 heterocycles. The van der Waals surface area contributed by atoms with Crippen LogP contribution in [0.25, 0.3) is 0 Å². The first-order valence-corrected chi connectivity index (χ1v) is 12.3. The molecule has 176 valence electrons. The number of anilines is 1. The smallest absolute Gasteiger partial charge is 0.243 e. The zero-order chi connectivity index (χ0) is 23.9. The van der Waals surface area contributed by atoms with Crippen LogP contribution in [-0.4, -0.2) is 41.5 Å². The van der Waals surface area contributed by atoms with Crippen LogP contribution in [0.2, 0.25) is 0 Å². The summed E-state index contributed by atoms with van der Waals surface area (Å²) >= 11 is 0. The molecule has 0 radical (unpaired) electrons. The van der Waals surface area contributed by atoms with Crippen LogP contribution in [0.1, 0.15) is 60.1 Å². The standard InChI is InChI=1S/C23H33FN4O3S/c1-22(2,3)19-14-20(28(26-19)23(4,5)6)25-21(29)16-8-7-13-27(15-16)32(30,31)18-11-9-17(24)10-12-18/h9-12,14,16H,7-8,13,15H2,1-6H3,(H,25,29). The van der Waals surface area contributed by atoms with Crippen LogP contribution in [0.5, 0.6) is 0 Å². The van der Waals surface area contributed by atoms with Gasteiger partial charge in [-0.2, -0.15) is 9.40 Å². The molecule has 1 aliphatic heterocycles. The first-order chi connectivity index (χ1) is 14.7. The fourth-order valence-electron chi connectivity index (χ4n) is 3.71. The molecular formula is C23H33FN4O3S. The number of amides is 1. The molecule has 3 rings (SSSR count). The largest absolute Gasteiger partial charge is 0.311 e. The Kier molecular flexibility index (Phi) is 6.55. The fourth-order valence-corrected chi connectivity index (χ4v) is 5.23. The van der Waals surface area contributed by atoms with Gasteiger partial charge in [0.05, 0.1) is 22.0 Å². The molecule has 32 heavy (non-hydrogen) atoms. The molecule has 0 aliphatic carbocycles. The van der Waals surface area contributed by atoms with Gasteiger partial charge in [0.1, 0.15) is 11.6 Å². The Morgan fingerprint density at radius 1 is 1.12 bits per heavy atom. The number of carbonyl (C=O) groups is 1. The van der Waals surface area contributed by atoms with Crippen LogP contribution in [0.15, 0.2) is 35.2 Å². The lowest BCUT2D eigenvalue weighted by Gasteiger charge is -2.31. The Morgan fingerprint density at radius 3 is 2.31 bits per heavy atom. The lowest BCUT2D eigenvalue weighted by Crippen LogP contribution is -2.44. The SMILES string of the molecule is CC(C)(C)c1cc(NC(=O)C2CCCN(S(=O)(=O)c3ccc(F)cc3)C2)n(C(C)(C)C)n1. The normalized spacial score (nSPS) is 18.5. The van der Waals surface area contributed by atoms with E-state index < -0.39 is 21.8 Å². The first kappa shape index (κ1) is 24.4. The summed E-state index contributed by atoms with van der Waals surface area (Å²) in [6.45, 7) is 12.6. The summed E-state index contributed by atoms with van der Waals surface area (Å²) < 4.78 is 42.3. The van der Waals surface area contributed by atoms with E-state index >= 15 is 0 Å². The fraction of sp³-hybridized carbons (Fsp3) is 0.565. The number of carbonyl (C=O) groups excluding carboxylic acids is 1. The molecular weight excluding hydrogens is 431 g/mol. The summed E-state index contributed by atoms with van der Waals surface area (Å²) in [4.78, 5) is 13.2. The van der Waals surface area contributed by atoms with E-state index in [1.54, 1.807) is 4.68 Å². The van der Waals surface area contributed by atoms with Crippen molar-refractivity contribution < 1.29 is 17.6 Å². The third kappa shape index (κ3) is 5.20. The van der Waals surface area contributed by atoms with Crippen molar-refractivity contribution in [2.75, 3.05) is 18.4 Å². The minimum Gasteiger partial charge on any atom is -0.311 e. The highest BCUT2D eigenvalue weighted by atomic mass is 32.2. The summed E-state index contributed by atoms with van der Waals surface area (Å²) in [5.74, 6) is -0.605. The van der Waals surface area contributed by atoms with Gasteiger partial charge in [0, 0.05) is 24.6 Å². The lowest BCUT2D eigenvalue weighted by atomic mass is 9.92. The maximum Gasteiger partial charge on any atom is 0.243 e. The Bertz CT molecular complexity index is 1080. The molecule has 1 unspecified atom stereocenters. The average Bonchev–Trinajstić information content (AvgIpc) is 3.13. The predicted octanol–water partition coefficient (Wildman–Crippen LogP) is 4.11. The highest BCUT2D eigenvalue weighted by Crippen LogP contribution is 2.30. The van der Waals surface area contributed by atoms with Crippen molar-refractivity contribution in [1.82, 2.24) is 14.1 Å². The molecule has 1 aliphatic rings. The minimum atomic E-state index is -3.80. The molecule has 1 saturated heterocycles. The van der Waals surface area contributed by atoms with Gasteiger partial charge in [-0.25, -0.2) is 17.5 Å². The molecule has 1 aromatic carbocycles. The number of aromatic nitrogens is 2. The van der Waals surface area contributed by atoms with Gasteiger partial charge >= 0.3 is 0 Å². The number of nitrogens with zero attached hydrogens (tertiary/aromatic N) is 3. The molecule has 0 saturated carbocycles. The Labute approximate surface area is 190 Å². The van der Waals surface area contributed by atoms with Gasteiger partial charge in [-0.1, -0.05) is 20.8 Å². The number of nitrogens with one attached hydrogen (secondary N) is 1. The van der Waals surface area contributed by atoms with E-state index in [1.165, 1.54) is 16.4 Å². The van der Waals surface area contributed by atoms with Crippen molar-refractivity contribution in [3.8, 4) is 0 Å². The van der Waals surface area contributed by atoms with E-state index in [9.17, 15) is 17.6 Å². The second kappa shape index (κ2) is 8.59. The summed E-state index contributed by atoms with van der Waals surface area (Å²) in [5, 5.41) is 7.71. The predicted molar refractivity (Wildman–Crippen MR) is 122 cm³/mol. The summed E-state index contributed by atoms with van der Waals surface area (Å²) in [6, 6.07) is 6.65. The van der Waals surface area contributed by atoms with Crippen LogP contribution < -0.4 is 5.32 Å². The number of benzene rings is 1. The van der Waals surface area contributed by atoms with Crippen molar-refractivity contribution in [2.24, 2.45) is 5.92 Å². The van der Waals surface area contributed by atoms with Crippen molar-refractivity contribution in [3.05, 3.63) is 41.8 Å². The molecule has 7 nitrogen and oxygen atoms in total. The molecule has 1 atom stereocenters. The second-order valence-electron chi connectivity index (χ2n) is 10.4. The maximum atomic E-state index is 13.2. The monoisotopic (exact) mass is 464 g/mol. The molecule has 1 fully saturated rings. The lowest BCUT2D eigenvalue weighted by molar-refractivity contribution is -0.120. The van der Waals surface area contributed by atoms with E-state index in [0.29, 0.717) is 25.2 Å². The summed E-state index contributed by atoms with van der Waals surface area (Å²) in [6.07, 6.45) is 1.17. The Morgan fingerprint density at radius 2 is 1.75 bits per heavy atom. The van der Waals surface area contributed by atoms with Crippen LogP contribution in [-0.2, 0) is 25.8 Å². The van der Waals surface area contributed by atoms with Gasteiger partial charge < -0.3 is 5.32 Å². The maximum absolute atomic E-state index is 13.2. The third-order valence-electron chi connectivity index (χ3n) is 5.57. The second-order valence-corrected chi connectivity index (χ2v) is 12.3. The van der Waals surface area contributed by atoms with Crippen molar-refractivity contribution in [1.29, 1.82) is 0 Å². The minimum absolute atomic E-state index is 0.0283. The molecule has 1 aromatic heterocycles.